The molecule has 1 rings (SSSR count). The maximum Gasteiger partial charge on any atom is 0.207 e. The number of hydrogen-bond acceptors (Lipinski definition) is 6. The average Bonchev–Trinajstić information content (AvgIpc) is 2.17. The maximum absolute atomic E-state index is 11.8. The third-order valence-corrected chi connectivity index (χ3v) is 3.54. The third-order valence-electron chi connectivity index (χ3n) is 1.88. The van der Waals surface area contributed by atoms with E-state index >= 15 is 0 Å². The van der Waals surface area contributed by atoms with E-state index in [4.69, 9.17) is 4.52 Å². The van der Waals surface area contributed by atoms with Crippen LogP contribution >= 0.6 is 7.37 Å². The summed E-state index contributed by atoms with van der Waals surface area (Å²) in [6.07, 6.45) is 0.180. The molecule has 7 heteroatoms. The zero-order chi connectivity index (χ0) is 12.2. The summed E-state index contributed by atoms with van der Waals surface area (Å²) in [7, 11) is -2.66. The zero-order valence-electron chi connectivity index (χ0n) is 10.0. The lowest BCUT2D eigenvalue weighted by Gasteiger charge is -2.10. The molecule has 16 heavy (non-hydrogen) atoms. The number of hydrogen-bond donors (Lipinski definition) is 0. The Morgan fingerprint density at radius 1 is 1.25 bits per heavy atom. The van der Waals surface area contributed by atoms with Crippen LogP contribution in [0.2, 0.25) is 0 Å². The lowest BCUT2D eigenvalue weighted by atomic mass is 10.2. The summed E-state index contributed by atoms with van der Waals surface area (Å²) in [5.41, 5.74) is 0. The number of rotatable bonds is 5. The largest absolute Gasteiger partial charge is 0.329 e. The highest BCUT2D eigenvalue weighted by molar-refractivity contribution is 7.57. The molecule has 1 aromatic heterocycles. The fraction of sp³-hybridized carbons (Fsp3) is 0.778. The average molecular weight is 244 g/mol. The summed E-state index contributed by atoms with van der Waals surface area (Å²) in [6.45, 7) is 7.71. The first-order valence-electron chi connectivity index (χ1n) is 5.22. The van der Waals surface area contributed by atoms with E-state index in [-0.39, 0.29) is 12.1 Å². The van der Waals surface area contributed by atoms with Gasteiger partial charge in [0.05, 0.1) is 12.8 Å². The summed E-state index contributed by atoms with van der Waals surface area (Å²) in [5.74, 6) is 1.14. The lowest BCUT2D eigenvalue weighted by Crippen LogP contribution is -2.07. The molecular weight excluding hydrogens is 227 g/mol. The Morgan fingerprint density at radius 2 is 1.81 bits per heavy atom. The highest BCUT2D eigenvalue weighted by Crippen LogP contribution is 2.45. The minimum atomic E-state index is -2.66. The normalized spacial score (nSPS) is 15.1. The Hall–Kier alpha value is -0.870. The maximum atomic E-state index is 11.8. The topological polar surface area (TPSA) is 77.9 Å². The van der Waals surface area contributed by atoms with Crippen molar-refractivity contribution in [3.05, 3.63) is 11.6 Å². The Kier molecular flexibility index (Phi) is 4.50. The van der Waals surface area contributed by atoms with E-state index in [1.54, 1.807) is 13.6 Å². The van der Waals surface area contributed by atoms with E-state index in [0.29, 0.717) is 18.3 Å². The van der Waals surface area contributed by atoms with Crippen molar-refractivity contribution in [1.29, 1.82) is 0 Å². The van der Waals surface area contributed by atoms with Gasteiger partial charge in [0.15, 0.2) is 11.6 Å². The molecule has 1 aromatic rings. The van der Waals surface area contributed by atoms with Gasteiger partial charge in [0.2, 0.25) is 7.37 Å². The molecule has 0 fully saturated rings. The van der Waals surface area contributed by atoms with Crippen molar-refractivity contribution in [2.45, 2.75) is 32.9 Å². The van der Waals surface area contributed by atoms with Crippen molar-refractivity contribution >= 4 is 7.37 Å². The standard InChI is InChI=1S/C9H17N4O2P/c1-5-15-16(4,14)6-8-10-12-9(7(2)3)13-11-8/h7H,5-6H2,1-4H3. The van der Waals surface area contributed by atoms with Crippen LogP contribution in [0.1, 0.15) is 38.3 Å². The molecule has 1 heterocycles. The summed E-state index contributed by atoms with van der Waals surface area (Å²) < 4.78 is 17.0. The predicted octanol–water partition coefficient (Wildman–Crippen LogP) is 1.83. The van der Waals surface area contributed by atoms with E-state index in [9.17, 15) is 4.57 Å². The van der Waals surface area contributed by atoms with Crippen LogP contribution in [-0.4, -0.2) is 33.7 Å². The van der Waals surface area contributed by atoms with Crippen molar-refractivity contribution in [3.63, 3.8) is 0 Å². The van der Waals surface area contributed by atoms with E-state index in [0.717, 1.165) is 0 Å². The Labute approximate surface area is 95.3 Å². The van der Waals surface area contributed by atoms with E-state index < -0.39 is 7.37 Å². The van der Waals surface area contributed by atoms with E-state index in [1.807, 2.05) is 13.8 Å². The molecule has 0 spiro atoms. The molecule has 90 valence electrons. The van der Waals surface area contributed by atoms with Gasteiger partial charge in [0.1, 0.15) is 0 Å². The molecule has 0 radical (unpaired) electrons. The van der Waals surface area contributed by atoms with Crippen molar-refractivity contribution in [1.82, 2.24) is 20.4 Å². The van der Waals surface area contributed by atoms with Gasteiger partial charge in [-0.3, -0.25) is 4.57 Å². The van der Waals surface area contributed by atoms with Crippen LogP contribution in [-0.2, 0) is 15.3 Å². The molecule has 0 N–H and O–H groups in total. The van der Waals surface area contributed by atoms with Crippen LogP contribution < -0.4 is 0 Å². The Morgan fingerprint density at radius 3 is 2.25 bits per heavy atom. The molecule has 0 bridgehead atoms. The van der Waals surface area contributed by atoms with E-state index in [2.05, 4.69) is 20.4 Å². The van der Waals surface area contributed by atoms with Gasteiger partial charge in [-0.2, -0.15) is 0 Å². The fourth-order valence-electron chi connectivity index (χ4n) is 1.13. The predicted molar refractivity (Wildman–Crippen MR) is 60.6 cm³/mol. The molecule has 1 unspecified atom stereocenters. The second-order valence-electron chi connectivity index (χ2n) is 3.92. The molecular formula is C9H17N4O2P. The van der Waals surface area contributed by atoms with Crippen molar-refractivity contribution in [3.8, 4) is 0 Å². The summed E-state index contributed by atoms with van der Waals surface area (Å²) in [6, 6.07) is 0. The first-order valence-corrected chi connectivity index (χ1v) is 7.47. The zero-order valence-corrected chi connectivity index (χ0v) is 10.9. The summed E-state index contributed by atoms with van der Waals surface area (Å²) in [5, 5.41) is 15.6. The highest BCUT2D eigenvalue weighted by atomic mass is 31.2. The number of aromatic nitrogens is 4. The molecule has 6 nitrogen and oxygen atoms in total. The molecule has 0 aliphatic carbocycles. The van der Waals surface area contributed by atoms with Gasteiger partial charge in [-0.1, -0.05) is 13.8 Å². The Bertz CT molecular complexity index is 380. The van der Waals surface area contributed by atoms with Gasteiger partial charge in [-0.05, 0) is 6.92 Å². The molecule has 0 saturated carbocycles. The molecule has 0 aromatic carbocycles. The lowest BCUT2D eigenvalue weighted by molar-refractivity contribution is 0.335. The smallest absolute Gasteiger partial charge is 0.207 e. The number of nitrogens with zero attached hydrogens (tertiary/aromatic N) is 4. The molecule has 0 amide bonds. The van der Waals surface area contributed by atoms with Gasteiger partial charge in [0, 0.05) is 12.6 Å². The second kappa shape index (κ2) is 5.46. The fourth-order valence-corrected chi connectivity index (χ4v) is 2.41. The molecule has 1 atom stereocenters. The van der Waals surface area contributed by atoms with Gasteiger partial charge in [-0.25, -0.2) is 0 Å². The van der Waals surface area contributed by atoms with Crippen LogP contribution in [0.4, 0.5) is 0 Å². The van der Waals surface area contributed by atoms with Crippen LogP contribution in [0.3, 0.4) is 0 Å². The minimum Gasteiger partial charge on any atom is -0.329 e. The van der Waals surface area contributed by atoms with E-state index in [1.165, 1.54) is 0 Å². The molecule has 0 aliphatic rings. The molecule has 0 aliphatic heterocycles. The first-order chi connectivity index (χ1) is 7.44. The van der Waals surface area contributed by atoms with Crippen LogP contribution in [0.25, 0.3) is 0 Å². The summed E-state index contributed by atoms with van der Waals surface area (Å²) in [4.78, 5) is 0. The van der Waals surface area contributed by atoms with Crippen LogP contribution in [0, 0.1) is 0 Å². The molecule has 0 saturated heterocycles. The second-order valence-corrected chi connectivity index (χ2v) is 6.52. The van der Waals surface area contributed by atoms with Crippen molar-refractivity contribution in [2.75, 3.05) is 13.3 Å². The van der Waals surface area contributed by atoms with Gasteiger partial charge in [-0.15, -0.1) is 20.4 Å². The van der Waals surface area contributed by atoms with Crippen LogP contribution in [0.5, 0.6) is 0 Å². The quantitative estimate of drug-likeness (QED) is 0.735. The Balaban J connectivity index is 2.72. The van der Waals surface area contributed by atoms with Crippen molar-refractivity contribution in [2.24, 2.45) is 0 Å². The highest BCUT2D eigenvalue weighted by Gasteiger charge is 2.19. The first kappa shape index (κ1) is 13.2. The van der Waals surface area contributed by atoms with Gasteiger partial charge in [0.25, 0.3) is 0 Å². The minimum absolute atomic E-state index is 0.180. The van der Waals surface area contributed by atoms with Crippen LogP contribution in [0.15, 0.2) is 0 Å². The third kappa shape index (κ3) is 3.94. The monoisotopic (exact) mass is 244 g/mol. The summed E-state index contributed by atoms with van der Waals surface area (Å²) >= 11 is 0. The SMILES string of the molecule is CCOP(C)(=O)Cc1nnc(C(C)C)nn1. The van der Waals surface area contributed by atoms with Gasteiger partial charge < -0.3 is 4.52 Å². The van der Waals surface area contributed by atoms with Gasteiger partial charge >= 0.3 is 0 Å². The van der Waals surface area contributed by atoms with Crippen molar-refractivity contribution < 1.29 is 9.09 Å².